The maximum atomic E-state index is 6.03. The fraction of sp³-hybridized carbons (Fsp3) is 0.600. The number of nitrogens with one attached hydrogen (secondary N) is 1. The van der Waals surface area contributed by atoms with Crippen LogP contribution in [0.25, 0.3) is 0 Å². The Morgan fingerprint density at radius 1 is 1.39 bits per heavy atom. The minimum absolute atomic E-state index is 0.000556. The first-order valence-corrected chi connectivity index (χ1v) is 6.93. The number of hydrogen-bond donors (Lipinski definition) is 2. The normalized spacial score (nSPS) is 28.0. The van der Waals surface area contributed by atoms with Crippen molar-refractivity contribution in [2.45, 2.75) is 44.2 Å². The van der Waals surface area contributed by atoms with Gasteiger partial charge in [-0.15, -0.1) is 0 Å². The quantitative estimate of drug-likeness (QED) is 0.842. The molecule has 100 valence electrons. The van der Waals surface area contributed by atoms with Gasteiger partial charge in [0.05, 0.1) is 11.6 Å². The lowest BCUT2D eigenvalue weighted by Crippen LogP contribution is -2.52. The number of para-hydroxylation sites is 1. The number of benzene rings is 1. The molecular weight excluding hydrogens is 224 g/mol. The van der Waals surface area contributed by atoms with Crippen LogP contribution in [0.3, 0.4) is 0 Å². The molecule has 3 nitrogen and oxygen atoms in total. The maximum Gasteiger partial charge on any atom is 0.0597 e. The average molecular weight is 248 g/mol. The van der Waals surface area contributed by atoms with Crippen LogP contribution in [0.5, 0.6) is 0 Å². The van der Waals surface area contributed by atoms with E-state index in [0.717, 1.165) is 38.0 Å². The molecule has 0 amide bonds. The van der Waals surface area contributed by atoms with Crippen molar-refractivity contribution in [3.8, 4) is 0 Å². The van der Waals surface area contributed by atoms with Gasteiger partial charge in [0.15, 0.2) is 0 Å². The molecule has 2 unspecified atom stereocenters. The van der Waals surface area contributed by atoms with Crippen LogP contribution in [-0.4, -0.2) is 24.8 Å². The Kier molecular flexibility index (Phi) is 4.61. The second kappa shape index (κ2) is 6.21. The monoisotopic (exact) mass is 248 g/mol. The highest BCUT2D eigenvalue weighted by Gasteiger charge is 2.35. The standard InChI is InChI=1S/C15H24N2O/c1-2-6-14-11-15(12-16,9-10-18-14)17-13-7-4-3-5-8-13/h3-5,7-8,14,17H,2,6,9-12,16H2,1H3. The molecule has 2 atom stereocenters. The molecule has 0 bridgehead atoms. The zero-order valence-corrected chi connectivity index (χ0v) is 11.2. The number of rotatable bonds is 5. The molecular formula is C15H24N2O. The van der Waals surface area contributed by atoms with Crippen LogP contribution in [0.15, 0.2) is 30.3 Å². The van der Waals surface area contributed by atoms with Gasteiger partial charge in [0.25, 0.3) is 0 Å². The van der Waals surface area contributed by atoms with E-state index < -0.39 is 0 Å². The first kappa shape index (κ1) is 13.4. The Balaban J connectivity index is 2.05. The summed E-state index contributed by atoms with van der Waals surface area (Å²) in [6.45, 7) is 3.67. The van der Waals surface area contributed by atoms with E-state index in [1.54, 1.807) is 0 Å². The summed E-state index contributed by atoms with van der Waals surface area (Å²) in [5, 5.41) is 3.63. The molecule has 0 saturated carbocycles. The van der Waals surface area contributed by atoms with Gasteiger partial charge in [-0.3, -0.25) is 0 Å². The molecule has 1 heterocycles. The van der Waals surface area contributed by atoms with Crippen LogP contribution in [0, 0.1) is 0 Å². The summed E-state index contributed by atoms with van der Waals surface area (Å²) < 4.78 is 5.82. The van der Waals surface area contributed by atoms with E-state index in [4.69, 9.17) is 10.5 Å². The molecule has 0 radical (unpaired) electrons. The Morgan fingerprint density at radius 3 is 2.83 bits per heavy atom. The van der Waals surface area contributed by atoms with E-state index in [9.17, 15) is 0 Å². The van der Waals surface area contributed by atoms with Gasteiger partial charge in [-0.25, -0.2) is 0 Å². The van der Waals surface area contributed by atoms with Gasteiger partial charge in [0.2, 0.25) is 0 Å². The lowest BCUT2D eigenvalue weighted by atomic mass is 9.85. The predicted octanol–water partition coefficient (Wildman–Crippen LogP) is 2.78. The van der Waals surface area contributed by atoms with Crippen molar-refractivity contribution in [1.29, 1.82) is 0 Å². The SMILES string of the molecule is CCCC1CC(CN)(Nc2ccccc2)CCO1. The number of hydrogen-bond acceptors (Lipinski definition) is 3. The molecule has 1 aliphatic heterocycles. The molecule has 1 aromatic rings. The molecule has 0 aromatic heterocycles. The van der Waals surface area contributed by atoms with Crippen molar-refractivity contribution in [2.24, 2.45) is 5.73 Å². The molecule has 2 rings (SSSR count). The molecule has 1 fully saturated rings. The van der Waals surface area contributed by atoms with Gasteiger partial charge in [-0.2, -0.15) is 0 Å². The van der Waals surface area contributed by atoms with Gasteiger partial charge in [-0.1, -0.05) is 31.5 Å². The maximum absolute atomic E-state index is 6.03. The summed E-state index contributed by atoms with van der Waals surface area (Å²) in [6, 6.07) is 10.3. The van der Waals surface area contributed by atoms with Crippen molar-refractivity contribution in [2.75, 3.05) is 18.5 Å². The number of nitrogens with two attached hydrogens (primary N) is 1. The van der Waals surface area contributed by atoms with E-state index in [-0.39, 0.29) is 5.54 Å². The van der Waals surface area contributed by atoms with Crippen LogP contribution in [0.4, 0.5) is 5.69 Å². The van der Waals surface area contributed by atoms with E-state index in [1.807, 2.05) is 6.07 Å². The smallest absolute Gasteiger partial charge is 0.0597 e. The van der Waals surface area contributed by atoms with Crippen LogP contribution in [-0.2, 0) is 4.74 Å². The molecule has 1 aromatic carbocycles. The first-order valence-electron chi connectivity index (χ1n) is 6.93. The van der Waals surface area contributed by atoms with Crippen LogP contribution < -0.4 is 11.1 Å². The lowest BCUT2D eigenvalue weighted by Gasteiger charge is -2.41. The predicted molar refractivity (Wildman–Crippen MR) is 75.7 cm³/mol. The molecule has 0 aliphatic carbocycles. The Morgan fingerprint density at radius 2 is 2.17 bits per heavy atom. The molecule has 1 saturated heterocycles. The minimum atomic E-state index is -0.000556. The third kappa shape index (κ3) is 3.24. The first-order chi connectivity index (χ1) is 8.78. The third-order valence-corrected chi connectivity index (χ3v) is 3.74. The summed E-state index contributed by atoms with van der Waals surface area (Å²) in [4.78, 5) is 0. The van der Waals surface area contributed by atoms with Gasteiger partial charge >= 0.3 is 0 Å². The van der Waals surface area contributed by atoms with E-state index in [1.165, 1.54) is 0 Å². The van der Waals surface area contributed by atoms with Crippen molar-refractivity contribution >= 4 is 5.69 Å². The van der Waals surface area contributed by atoms with Crippen molar-refractivity contribution < 1.29 is 4.74 Å². The van der Waals surface area contributed by atoms with E-state index >= 15 is 0 Å². The van der Waals surface area contributed by atoms with Gasteiger partial charge < -0.3 is 15.8 Å². The lowest BCUT2D eigenvalue weighted by molar-refractivity contribution is -0.0155. The van der Waals surface area contributed by atoms with Crippen molar-refractivity contribution in [1.82, 2.24) is 0 Å². The number of anilines is 1. The third-order valence-electron chi connectivity index (χ3n) is 3.74. The second-order valence-corrected chi connectivity index (χ2v) is 5.21. The van der Waals surface area contributed by atoms with Gasteiger partial charge in [-0.05, 0) is 31.4 Å². The molecule has 1 aliphatic rings. The summed E-state index contributed by atoms with van der Waals surface area (Å²) in [5.41, 5.74) is 7.18. The Bertz CT molecular complexity index is 353. The fourth-order valence-corrected chi connectivity index (χ4v) is 2.70. The van der Waals surface area contributed by atoms with Crippen LogP contribution in [0.1, 0.15) is 32.6 Å². The molecule has 3 heteroatoms. The molecule has 18 heavy (non-hydrogen) atoms. The second-order valence-electron chi connectivity index (χ2n) is 5.21. The highest BCUT2D eigenvalue weighted by atomic mass is 16.5. The summed E-state index contributed by atoms with van der Waals surface area (Å²) >= 11 is 0. The molecule has 3 N–H and O–H groups in total. The zero-order chi connectivity index (χ0) is 12.8. The van der Waals surface area contributed by atoms with Crippen molar-refractivity contribution in [3.05, 3.63) is 30.3 Å². The topological polar surface area (TPSA) is 47.3 Å². The highest BCUT2D eigenvalue weighted by molar-refractivity contribution is 5.45. The summed E-state index contributed by atoms with van der Waals surface area (Å²) in [6.07, 6.45) is 4.63. The van der Waals surface area contributed by atoms with Gasteiger partial charge in [0, 0.05) is 18.8 Å². The largest absolute Gasteiger partial charge is 0.378 e. The average Bonchev–Trinajstić information content (AvgIpc) is 2.41. The summed E-state index contributed by atoms with van der Waals surface area (Å²) in [7, 11) is 0. The highest BCUT2D eigenvalue weighted by Crippen LogP contribution is 2.30. The zero-order valence-electron chi connectivity index (χ0n) is 11.2. The van der Waals surface area contributed by atoms with Crippen molar-refractivity contribution in [3.63, 3.8) is 0 Å². The van der Waals surface area contributed by atoms with E-state index in [0.29, 0.717) is 12.6 Å². The summed E-state index contributed by atoms with van der Waals surface area (Å²) in [5.74, 6) is 0. The molecule has 0 spiro atoms. The Hall–Kier alpha value is -1.06. The Labute approximate surface area is 110 Å². The van der Waals surface area contributed by atoms with Gasteiger partial charge in [0.1, 0.15) is 0 Å². The van der Waals surface area contributed by atoms with Crippen LogP contribution in [0.2, 0.25) is 0 Å². The fourth-order valence-electron chi connectivity index (χ4n) is 2.70. The van der Waals surface area contributed by atoms with Crippen LogP contribution >= 0.6 is 0 Å². The van der Waals surface area contributed by atoms with E-state index in [2.05, 4.69) is 36.5 Å². The minimum Gasteiger partial charge on any atom is -0.378 e. The number of ether oxygens (including phenoxy) is 1.